The molecule has 2 aromatic rings. The molecule has 1 aromatic carbocycles. The number of carbonyl (C=O) groups is 1. The third-order valence-corrected chi connectivity index (χ3v) is 4.35. The summed E-state index contributed by atoms with van der Waals surface area (Å²) in [6.45, 7) is 3.40. The van der Waals surface area contributed by atoms with Crippen LogP contribution in [0.3, 0.4) is 0 Å². The van der Waals surface area contributed by atoms with E-state index >= 15 is 0 Å². The van der Waals surface area contributed by atoms with Crippen LogP contribution < -0.4 is 4.72 Å². The molecule has 0 aliphatic heterocycles. The number of ketones is 1. The number of hydrogen-bond donors (Lipinski definition) is 1. The zero-order chi connectivity index (χ0) is 15.5. The van der Waals surface area contributed by atoms with Crippen molar-refractivity contribution >= 4 is 15.8 Å². The molecule has 0 fully saturated rings. The van der Waals surface area contributed by atoms with Gasteiger partial charge in [-0.05, 0) is 26.0 Å². The summed E-state index contributed by atoms with van der Waals surface area (Å²) in [5.74, 6) is 1.07. The topological polar surface area (TPSA) is 89.3 Å². The number of rotatable bonds is 6. The maximum atomic E-state index is 12.1. The largest absolute Gasteiger partial charge is 0.446 e. The Bertz CT molecular complexity index is 733. The van der Waals surface area contributed by atoms with Gasteiger partial charge in [-0.2, -0.15) is 0 Å². The summed E-state index contributed by atoms with van der Waals surface area (Å²) in [4.78, 5) is 15.3. The van der Waals surface area contributed by atoms with Crippen molar-refractivity contribution < 1.29 is 17.6 Å². The van der Waals surface area contributed by atoms with E-state index < -0.39 is 10.0 Å². The zero-order valence-corrected chi connectivity index (χ0v) is 12.6. The van der Waals surface area contributed by atoms with E-state index in [-0.39, 0.29) is 17.2 Å². The Labute approximate surface area is 123 Å². The van der Waals surface area contributed by atoms with Crippen molar-refractivity contribution in [1.82, 2.24) is 9.71 Å². The predicted molar refractivity (Wildman–Crippen MR) is 76.6 cm³/mol. The van der Waals surface area contributed by atoms with Crippen LogP contribution in [0.2, 0.25) is 0 Å². The van der Waals surface area contributed by atoms with Crippen molar-refractivity contribution in [3.05, 3.63) is 47.7 Å². The van der Waals surface area contributed by atoms with Crippen LogP contribution in [0.15, 0.2) is 39.8 Å². The average molecular weight is 308 g/mol. The van der Waals surface area contributed by atoms with Crippen LogP contribution in [0.25, 0.3) is 0 Å². The van der Waals surface area contributed by atoms with Crippen LogP contribution >= 0.6 is 0 Å². The van der Waals surface area contributed by atoms with E-state index in [1.807, 2.05) is 0 Å². The highest BCUT2D eigenvalue weighted by Crippen LogP contribution is 2.11. The Morgan fingerprint density at radius 1 is 1.29 bits per heavy atom. The predicted octanol–water partition coefficient (Wildman–Crippen LogP) is 1.71. The third-order valence-electron chi connectivity index (χ3n) is 2.87. The van der Waals surface area contributed by atoms with Gasteiger partial charge in [-0.1, -0.05) is 12.1 Å². The van der Waals surface area contributed by atoms with E-state index in [1.165, 1.54) is 31.2 Å². The minimum Gasteiger partial charge on any atom is -0.446 e. The maximum Gasteiger partial charge on any atom is 0.240 e. The summed E-state index contributed by atoms with van der Waals surface area (Å²) in [5, 5.41) is 0. The summed E-state index contributed by atoms with van der Waals surface area (Å²) in [5.41, 5.74) is 0.476. The Balaban J connectivity index is 1.99. The number of carbonyl (C=O) groups excluding carboxylic acids is 1. The van der Waals surface area contributed by atoms with Crippen molar-refractivity contribution in [3.8, 4) is 0 Å². The normalized spacial score (nSPS) is 11.5. The molecule has 0 unspecified atom stereocenters. The fourth-order valence-corrected chi connectivity index (χ4v) is 2.79. The molecule has 2 rings (SSSR count). The smallest absolute Gasteiger partial charge is 0.240 e. The molecule has 0 aliphatic rings. The lowest BCUT2D eigenvalue weighted by Gasteiger charge is -2.06. The number of Topliss-reactive ketones (excluding diaryl/α,β-unsaturated/α-hetero) is 1. The van der Waals surface area contributed by atoms with Gasteiger partial charge >= 0.3 is 0 Å². The molecule has 1 N–H and O–H groups in total. The Morgan fingerprint density at radius 2 is 1.95 bits per heavy atom. The van der Waals surface area contributed by atoms with Crippen molar-refractivity contribution in [2.24, 2.45) is 0 Å². The molecule has 0 amide bonds. The Kier molecular flexibility index (Phi) is 4.54. The number of benzene rings is 1. The first-order valence-electron chi connectivity index (χ1n) is 6.40. The number of oxazole rings is 1. The van der Waals surface area contributed by atoms with Crippen LogP contribution in [0.1, 0.15) is 28.9 Å². The van der Waals surface area contributed by atoms with Crippen molar-refractivity contribution in [2.75, 3.05) is 6.54 Å². The van der Waals surface area contributed by atoms with Gasteiger partial charge in [0.2, 0.25) is 10.0 Å². The number of aromatic nitrogens is 1. The van der Waals surface area contributed by atoms with Crippen LogP contribution in [0, 0.1) is 6.92 Å². The SMILES string of the molecule is CC(=O)c1ccc(S(=O)(=O)NCCc2ncc(C)o2)cc1. The fraction of sp³-hybridized carbons (Fsp3) is 0.286. The average Bonchev–Trinajstić information content (AvgIpc) is 2.84. The van der Waals surface area contributed by atoms with Gasteiger partial charge < -0.3 is 4.42 Å². The number of aryl methyl sites for hydroxylation is 1. The summed E-state index contributed by atoms with van der Waals surface area (Å²) >= 11 is 0. The highest BCUT2D eigenvalue weighted by Gasteiger charge is 2.14. The lowest BCUT2D eigenvalue weighted by molar-refractivity contribution is 0.101. The molecule has 0 radical (unpaired) electrons. The van der Waals surface area contributed by atoms with Gasteiger partial charge in [0.15, 0.2) is 11.7 Å². The van der Waals surface area contributed by atoms with E-state index in [0.717, 1.165) is 0 Å². The number of sulfonamides is 1. The minimum atomic E-state index is -3.60. The van der Waals surface area contributed by atoms with Gasteiger partial charge in [0.05, 0.1) is 11.1 Å². The van der Waals surface area contributed by atoms with Crippen molar-refractivity contribution in [3.63, 3.8) is 0 Å². The van der Waals surface area contributed by atoms with Crippen molar-refractivity contribution in [2.45, 2.75) is 25.2 Å². The van der Waals surface area contributed by atoms with E-state index in [0.29, 0.717) is 23.6 Å². The molecule has 0 atom stereocenters. The minimum absolute atomic E-state index is 0.105. The standard InChI is InChI=1S/C14H16N2O4S/c1-10-9-15-14(20-10)7-8-16-21(18,19)13-5-3-12(4-6-13)11(2)17/h3-6,9,16H,7-8H2,1-2H3. The van der Waals surface area contributed by atoms with E-state index in [9.17, 15) is 13.2 Å². The third kappa shape index (κ3) is 3.99. The van der Waals surface area contributed by atoms with Gasteiger partial charge in [-0.3, -0.25) is 4.79 Å². The highest BCUT2D eigenvalue weighted by atomic mass is 32.2. The van der Waals surface area contributed by atoms with Gasteiger partial charge in [0.25, 0.3) is 0 Å². The number of nitrogens with one attached hydrogen (secondary N) is 1. The molecule has 0 bridgehead atoms. The molecule has 0 spiro atoms. The zero-order valence-electron chi connectivity index (χ0n) is 11.8. The number of nitrogens with zero attached hydrogens (tertiary/aromatic N) is 1. The molecule has 1 aromatic heterocycles. The molecular weight excluding hydrogens is 292 g/mol. The van der Waals surface area contributed by atoms with Crippen LogP contribution in [-0.4, -0.2) is 25.7 Å². The van der Waals surface area contributed by atoms with Gasteiger partial charge in [0.1, 0.15) is 5.76 Å². The van der Waals surface area contributed by atoms with Crippen LogP contribution in [0.5, 0.6) is 0 Å². The molecule has 7 heteroatoms. The molecular formula is C14H16N2O4S. The summed E-state index contributed by atoms with van der Waals surface area (Å²) in [7, 11) is -3.60. The second-order valence-corrected chi connectivity index (χ2v) is 6.36. The second-order valence-electron chi connectivity index (χ2n) is 4.59. The van der Waals surface area contributed by atoms with Crippen molar-refractivity contribution in [1.29, 1.82) is 0 Å². The summed E-state index contributed by atoms with van der Waals surface area (Å²) in [6, 6.07) is 5.81. The maximum absolute atomic E-state index is 12.1. The molecule has 1 heterocycles. The Morgan fingerprint density at radius 3 is 2.48 bits per heavy atom. The molecule has 112 valence electrons. The van der Waals surface area contributed by atoms with E-state index in [1.54, 1.807) is 13.1 Å². The molecule has 0 saturated carbocycles. The summed E-state index contributed by atoms with van der Waals surface area (Å²) < 4.78 is 31.9. The highest BCUT2D eigenvalue weighted by molar-refractivity contribution is 7.89. The summed E-state index contributed by atoms with van der Waals surface area (Å²) in [6.07, 6.45) is 1.96. The number of hydrogen-bond acceptors (Lipinski definition) is 5. The lowest BCUT2D eigenvalue weighted by Crippen LogP contribution is -2.26. The monoisotopic (exact) mass is 308 g/mol. The van der Waals surface area contributed by atoms with E-state index in [4.69, 9.17) is 4.42 Å². The lowest BCUT2D eigenvalue weighted by atomic mass is 10.2. The second kappa shape index (κ2) is 6.19. The molecule has 6 nitrogen and oxygen atoms in total. The first kappa shape index (κ1) is 15.4. The first-order valence-corrected chi connectivity index (χ1v) is 7.89. The quantitative estimate of drug-likeness (QED) is 0.821. The first-order chi connectivity index (χ1) is 9.88. The van der Waals surface area contributed by atoms with Gasteiger partial charge in [-0.25, -0.2) is 18.1 Å². The van der Waals surface area contributed by atoms with Gasteiger partial charge in [-0.15, -0.1) is 0 Å². The van der Waals surface area contributed by atoms with Crippen LogP contribution in [-0.2, 0) is 16.4 Å². The van der Waals surface area contributed by atoms with Gasteiger partial charge in [0, 0.05) is 18.5 Å². The molecule has 21 heavy (non-hydrogen) atoms. The van der Waals surface area contributed by atoms with Crippen LogP contribution in [0.4, 0.5) is 0 Å². The molecule has 0 aliphatic carbocycles. The Hall–Kier alpha value is -1.99. The molecule has 0 saturated heterocycles. The fourth-order valence-electron chi connectivity index (χ4n) is 1.76. The van der Waals surface area contributed by atoms with E-state index in [2.05, 4.69) is 9.71 Å².